The van der Waals surface area contributed by atoms with E-state index in [1.165, 1.54) is 57.4 Å². The Balaban J connectivity index is 3.05. The van der Waals surface area contributed by atoms with Crippen LogP contribution in [0.25, 0.3) is 0 Å². The average Bonchev–Trinajstić information content (AvgIpc) is 2.25. The summed E-state index contributed by atoms with van der Waals surface area (Å²) >= 11 is 0. The summed E-state index contributed by atoms with van der Waals surface area (Å²) in [7, 11) is -0.425. The minimum absolute atomic E-state index is 0.425. The van der Waals surface area contributed by atoms with Crippen molar-refractivity contribution in [2.24, 2.45) is 0 Å². The van der Waals surface area contributed by atoms with Crippen LogP contribution in [0, 0.1) is 11.8 Å². The van der Waals surface area contributed by atoms with E-state index in [-0.39, 0.29) is 0 Å². The molecule has 0 nitrogen and oxygen atoms in total. The van der Waals surface area contributed by atoms with Gasteiger partial charge in [-0.1, -0.05) is 65.0 Å². The summed E-state index contributed by atoms with van der Waals surface area (Å²) in [6.07, 6.45) is 12.4. The molecule has 0 unspecified atom stereocenters. The molecule has 0 bridgehead atoms. The second kappa shape index (κ2) is 12.8. The molecule has 0 aromatic carbocycles. The van der Waals surface area contributed by atoms with Crippen LogP contribution >= 0.6 is 0 Å². The lowest BCUT2D eigenvalue weighted by atomic mass is 10.1. The normalized spacial score (nSPS) is 10.2. The molecule has 0 radical (unpaired) electrons. The van der Waals surface area contributed by atoms with Gasteiger partial charge >= 0.3 is 0 Å². The Hall–Kier alpha value is -0.223. The zero-order chi connectivity index (χ0) is 12.1. The van der Waals surface area contributed by atoms with E-state index in [1.54, 1.807) is 0 Å². The van der Waals surface area contributed by atoms with E-state index in [9.17, 15) is 0 Å². The van der Waals surface area contributed by atoms with Crippen LogP contribution in [0.2, 0.25) is 19.1 Å². The van der Waals surface area contributed by atoms with Crippen molar-refractivity contribution in [3.63, 3.8) is 0 Å². The van der Waals surface area contributed by atoms with Gasteiger partial charge in [0.15, 0.2) is 0 Å². The summed E-state index contributed by atoms with van der Waals surface area (Å²) in [5, 5.41) is 0. The van der Waals surface area contributed by atoms with Crippen molar-refractivity contribution in [1.82, 2.24) is 0 Å². The maximum Gasteiger partial charge on any atom is 0.0443 e. The smallest absolute Gasteiger partial charge is 0.0443 e. The summed E-state index contributed by atoms with van der Waals surface area (Å²) < 4.78 is 0. The molecule has 0 amide bonds. The zero-order valence-corrected chi connectivity index (χ0v) is 12.8. The lowest BCUT2D eigenvalue weighted by Gasteiger charge is -1.99. The molecule has 0 saturated heterocycles. The third kappa shape index (κ3) is 13.8. The van der Waals surface area contributed by atoms with Crippen LogP contribution in [0.4, 0.5) is 0 Å². The quantitative estimate of drug-likeness (QED) is 0.301. The van der Waals surface area contributed by atoms with E-state index in [0.29, 0.717) is 0 Å². The summed E-state index contributed by atoms with van der Waals surface area (Å²) in [4.78, 5) is 0. The highest BCUT2D eigenvalue weighted by Crippen LogP contribution is 2.09. The molecule has 0 aliphatic heterocycles. The minimum Gasteiger partial charge on any atom is -0.107 e. The first-order valence-corrected chi connectivity index (χ1v) is 10.4. The van der Waals surface area contributed by atoms with Gasteiger partial charge in [0, 0.05) is 21.3 Å². The van der Waals surface area contributed by atoms with Gasteiger partial charge in [-0.15, -0.1) is 11.8 Å². The Morgan fingerprint density at radius 3 is 1.88 bits per heavy atom. The third-order valence-electron chi connectivity index (χ3n) is 2.79. The van der Waals surface area contributed by atoms with Gasteiger partial charge in [-0.2, -0.15) is 0 Å². The van der Waals surface area contributed by atoms with E-state index < -0.39 is 8.80 Å². The molecule has 0 atom stereocenters. The van der Waals surface area contributed by atoms with Crippen LogP contribution in [0.3, 0.4) is 0 Å². The van der Waals surface area contributed by atoms with Gasteiger partial charge < -0.3 is 0 Å². The van der Waals surface area contributed by atoms with Crippen molar-refractivity contribution in [1.29, 1.82) is 0 Å². The Labute approximate surface area is 105 Å². The highest BCUT2D eigenvalue weighted by atomic mass is 28.3. The van der Waals surface area contributed by atoms with Crippen LogP contribution in [0.15, 0.2) is 0 Å². The Morgan fingerprint density at radius 1 is 0.750 bits per heavy atom. The first-order valence-electron chi connectivity index (χ1n) is 7.23. The first-order chi connectivity index (χ1) is 7.77. The number of rotatable bonds is 9. The van der Waals surface area contributed by atoms with Crippen LogP contribution in [-0.2, 0) is 0 Å². The minimum atomic E-state index is -0.425. The molecular weight excluding hydrogens is 208 g/mol. The lowest BCUT2D eigenvalue weighted by molar-refractivity contribution is 0.579. The van der Waals surface area contributed by atoms with Crippen LogP contribution in [-0.4, -0.2) is 8.80 Å². The van der Waals surface area contributed by atoms with E-state index in [4.69, 9.17) is 0 Å². The molecule has 0 rings (SSSR count). The summed E-state index contributed by atoms with van der Waals surface area (Å²) in [5.41, 5.74) is 0. The van der Waals surface area contributed by atoms with E-state index in [2.05, 4.69) is 31.9 Å². The molecule has 0 saturated carbocycles. The summed E-state index contributed by atoms with van der Waals surface area (Å²) in [6.45, 7) is 7.01. The molecule has 94 valence electrons. The maximum atomic E-state index is 3.32. The summed E-state index contributed by atoms with van der Waals surface area (Å²) in [6, 6.07) is 1.21. The average molecular weight is 238 g/mol. The molecule has 0 aliphatic carbocycles. The molecule has 0 aromatic heterocycles. The molecule has 0 N–H and O–H groups in total. The topological polar surface area (TPSA) is 0 Å². The Kier molecular flexibility index (Phi) is 12.7. The van der Waals surface area contributed by atoms with Gasteiger partial charge in [0.25, 0.3) is 0 Å². The predicted molar refractivity (Wildman–Crippen MR) is 78.7 cm³/mol. The first kappa shape index (κ1) is 15.8. The molecule has 0 heterocycles. The van der Waals surface area contributed by atoms with Crippen molar-refractivity contribution >= 4 is 8.80 Å². The van der Waals surface area contributed by atoms with Crippen molar-refractivity contribution in [3.05, 3.63) is 0 Å². The predicted octanol–water partition coefficient (Wildman–Crippen LogP) is 5.01. The van der Waals surface area contributed by atoms with E-state index in [1.807, 2.05) is 0 Å². The molecule has 16 heavy (non-hydrogen) atoms. The molecule has 1 heteroatoms. The van der Waals surface area contributed by atoms with Crippen LogP contribution in [0.1, 0.15) is 64.7 Å². The second-order valence-corrected chi connectivity index (χ2v) is 8.37. The van der Waals surface area contributed by atoms with Gasteiger partial charge in [-0.05, 0) is 6.42 Å². The molecule has 0 fully saturated rings. The fourth-order valence-corrected chi connectivity index (χ4v) is 2.26. The van der Waals surface area contributed by atoms with Crippen LogP contribution in [0.5, 0.6) is 0 Å². The van der Waals surface area contributed by atoms with Crippen molar-refractivity contribution in [2.45, 2.75) is 83.8 Å². The zero-order valence-electron chi connectivity index (χ0n) is 11.6. The highest BCUT2D eigenvalue weighted by Gasteiger charge is 1.91. The fraction of sp³-hybridized carbons (Fsp3) is 0.867. The lowest BCUT2D eigenvalue weighted by Crippen LogP contribution is -1.95. The van der Waals surface area contributed by atoms with Crippen molar-refractivity contribution in [3.8, 4) is 11.8 Å². The van der Waals surface area contributed by atoms with Crippen molar-refractivity contribution < 1.29 is 0 Å². The number of hydrogen-bond acceptors (Lipinski definition) is 0. The standard InChI is InChI=1S/C15H30Si/c1-4-5-6-7-8-9-10-11-12-13-14-15-16(2)3/h16H,4-12,15H2,1-3H3. The summed E-state index contributed by atoms with van der Waals surface area (Å²) in [5.74, 6) is 6.63. The van der Waals surface area contributed by atoms with Gasteiger partial charge in [-0.25, -0.2) is 0 Å². The van der Waals surface area contributed by atoms with Gasteiger partial charge in [0.05, 0.1) is 0 Å². The SMILES string of the molecule is CCCCCCCCCCC#CC[SiH](C)C. The molecule has 0 aromatic rings. The molecule has 0 spiro atoms. The Morgan fingerprint density at radius 2 is 1.31 bits per heavy atom. The van der Waals surface area contributed by atoms with Gasteiger partial charge in [0.2, 0.25) is 0 Å². The van der Waals surface area contributed by atoms with E-state index >= 15 is 0 Å². The fourth-order valence-electron chi connectivity index (χ4n) is 1.71. The Bertz CT molecular complexity index is 185. The molecular formula is C15H30Si. The highest BCUT2D eigenvalue weighted by molar-refractivity contribution is 6.56. The maximum absolute atomic E-state index is 3.32. The van der Waals surface area contributed by atoms with Gasteiger partial charge in [0.1, 0.15) is 0 Å². The largest absolute Gasteiger partial charge is 0.107 e. The number of unbranched alkanes of at least 4 members (excludes halogenated alkanes) is 8. The van der Waals surface area contributed by atoms with Gasteiger partial charge in [-0.3, -0.25) is 0 Å². The van der Waals surface area contributed by atoms with Crippen LogP contribution < -0.4 is 0 Å². The number of hydrogen-bond donors (Lipinski definition) is 0. The molecule has 0 aliphatic rings. The van der Waals surface area contributed by atoms with E-state index in [0.717, 1.165) is 6.42 Å². The third-order valence-corrected chi connectivity index (χ3v) is 3.81. The monoisotopic (exact) mass is 238 g/mol. The van der Waals surface area contributed by atoms with Crippen molar-refractivity contribution in [2.75, 3.05) is 0 Å². The second-order valence-electron chi connectivity index (χ2n) is 5.18.